The number of para-hydroxylation sites is 1. The average molecular weight is 291 g/mol. The van der Waals surface area contributed by atoms with E-state index in [1.807, 2.05) is 6.07 Å². The van der Waals surface area contributed by atoms with E-state index in [1.54, 1.807) is 54.6 Å². The van der Waals surface area contributed by atoms with Crippen LogP contribution >= 0.6 is 0 Å². The van der Waals surface area contributed by atoms with E-state index >= 15 is 0 Å². The molecular formula is C15H12F3N3. The molecule has 1 aliphatic heterocycles. The lowest BCUT2D eigenvalue weighted by Crippen LogP contribution is -2.49. The van der Waals surface area contributed by atoms with E-state index in [0.29, 0.717) is 16.9 Å². The molecule has 6 heteroatoms. The maximum Gasteiger partial charge on any atom is 0.504 e. The fourth-order valence-electron chi connectivity index (χ4n) is 2.08. The van der Waals surface area contributed by atoms with Gasteiger partial charge in [-0.15, -0.1) is 13.2 Å². The second kappa shape index (κ2) is 5.05. The summed E-state index contributed by atoms with van der Waals surface area (Å²) in [7, 11) is 0. The zero-order valence-corrected chi connectivity index (χ0v) is 10.9. The number of anilines is 1. The Morgan fingerprint density at radius 1 is 0.810 bits per heavy atom. The van der Waals surface area contributed by atoms with Gasteiger partial charge in [-0.25, -0.2) is 0 Å². The summed E-state index contributed by atoms with van der Waals surface area (Å²) >= 11 is 0. The second-order valence-electron chi connectivity index (χ2n) is 4.48. The Bertz CT molecular complexity index is 638. The van der Waals surface area contributed by atoms with Crippen molar-refractivity contribution in [1.29, 1.82) is 0 Å². The van der Waals surface area contributed by atoms with Gasteiger partial charge < -0.3 is 0 Å². The summed E-state index contributed by atoms with van der Waals surface area (Å²) in [4.78, 5) is 0. The van der Waals surface area contributed by atoms with Crippen molar-refractivity contribution < 1.29 is 13.2 Å². The Labute approximate surface area is 119 Å². The highest BCUT2D eigenvalue weighted by Crippen LogP contribution is 2.33. The minimum atomic E-state index is -4.51. The van der Waals surface area contributed by atoms with Gasteiger partial charge in [0.1, 0.15) is 0 Å². The van der Waals surface area contributed by atoms with Crippen LogP contribution in [0.15, 0.2) is 66.9 Å². The largest absolute Gasteiger partial charge is 0.504 e. The number of nitrogens with zero attached hydrogens (tertiary/aromatic N) is 2. The van der Waals surface area contributed by atoms with Crippen molar-refractivity contribution in [3.8, 4) is 0 Å². The van der Waals surface area contributed by atoms with E-state index in [1.165, 1.54) is 0 Å². The number of rotatable bonds is 2. The number of nitrogens with one attached hydrogen (secondary N) is 1. The van der Waals surface area contributed by atoms with Gasteiger partial charge in [-0.2, -0.15) is 10.1 Å². The van der Waals surface area contributed by atoms with Crippen LogP contribution in [-0.2, 0) is 0 Å². The molecule has 108 valence electrons. The molecule has 1 heterocycles. The molecule has 0 spiro atoms. The third kappa shape index (κ3) is 2.65. The van der Waals surface area contributed by atoms with Crippen molar-refractivity contribution in [2.45, 2.75) is 6.30 Å². The van der Waals surface area contributed by atoms with Crippen LogP contribution in [0.25, 0.3) is 5.70 Å². The lowest BCUT2D eigenvalue weighted by molar-refractivity contribution is -0.230. The molecule has 0 bridgehead atoms. The van der Waals surface area contributed by atoms with E-state index in [0.717, 1.165) is 11.3 Å². The standard InChI is InChI=1S/C15H12F3N3/c16-15(17,18)20-11-14(12-7-3-1-4-8-12)19-21(20)13-9-5-2-6-10-13/h1-11,19H. The predicted molar refractivity (Wildman–Crippen MR) is 74.4 cm³/mol. The second-order valence-corrected chi connectivity index (χ2v) is 4.48. The number of alkyl halides is 3. The molecule has 0 fully saturated rings. The van der Waals surface area contributed by atoms with E-state index in [2.05, 4.69) is 5.43 Å². The van der Waals surface area contributed by atoms with Crippen molar-refractivity contribution in [1.82, 2.24) is 10.4 Å². The van der Waals surface area contributed by atoms with Crippen LogP contribution in [0.4, 0.5) is 18.9 Å². The van der Waals surface area contributed by atoms with Gasteiger partial charge in [0.05, 0.1) is 17.6 Å². The van der Waals surface area contributed by atoms with E-state index in [4.69, 9.17) is 0 Å². The van der Waals surface area contributed by atoms with Crippen LogP contribution in [0, 0.1) is 0 Å². The van der Waals surface area contributed by atoms with Crippen molar-refractivity contribution >= 4 is 11.4 Å². The van der Waals surface area contributed by atoms with Crippen LogP contribution in [-0.4, -0.2) is 11.3 Å². The Hall–Kier alpha value is -2.63. The molecule has 0 aliphatic carbocycles. The molecule has 21 heavy (non-hydrogen) atoms. The maximum atomic E-state index is 13.2. The van der Waals surface area contributed by atoms with Gasteiger partial charge in [0.2, 0.25) is 0 Å². The van der Waals surface area contributed by atoms with Crippen LogP contribution < -0.4 is 10.5 Å². The summed E-state index contributed by atoms with van der Waals surface area (Å²) in [6.07, 6.45) is -3.47. The number of hydrogen-bond acceptors (Lipinski definition) is 3. The molecule has 0 radical (unpaired) electrons. The summed E-state index contributed by atoms with van der Waals surface area (Å²) in [5, 5.41) is 1.20. The Kier molecular flexibility index (Phi) is 3.21. The van der Waals surface area contributed by atoms with Gasteiger partial charge in [0.15, 0.2) is 0 Å². The normalized spacial score (nSPS) is 14.9. The third-order valence-corrected chi connectivity index (χ3v) is 3.04. The molecule has 2 aromatic carbocycles. The zero-order chi connectivity index (χ0) is 14.9. The van der Waals surface area contributed by atoms with Gasteiger partial charge in [0, 0.05) is 5.56 Å². The molecule has 0 atom stereocenters. The van der Waals surface area contributed by atoms with Gasteiger partial charge in [-0.3, -0.25) is 5.43 Å². The number of hydrazine groups is 2. The zero-order valence-electron chi connectivity index (χ0n) is 10.9. The summed E-state index contributed by atoms with van der Waals surface area (Å²) < 4.78 is 39.6. The van der Waals surface area contributed by atoms with Crippen molar-refractivity contribution in [3.05, 3.63) is 72.4 Å². The summed E-state index contributed by atoms with van der Waals surface area (Å²) in [6.45, 7) is 0. The number of hydrogen-bond donors (Lipinski definition) is 1. The minimum absolute atomic E-state index is 0.227. The fraction of sp³-hybridized carbons (Fsp3) is 0.0667. The smallest absolute Gasteiger partial charge is 0.277 e. The lowest BCUT2D eigenvalue weighted by Gasteiger charge is -2.31. The molecule has 3 rings (SSSR count). The van der Waals surface area contributed by atoms with Crippen molar-refractivity contribution in [2.75, 3.05) is 5.12 Å². The molecule has 0 amide bonds. The van der Waals surface area contributed by atoms with E-state index in [-0.39, 0.29) is 5.01 Å². The summed E-state index contributed by atoms with van der Waals surface area (Å²) in [6, 6.07) is 17.2. The van der Waals surface area contributed by atoms with Crippen LogP contribution in [0.3, 0.4) is 0 Å². The SMILES string of the molecule is FC(F)(F)N1C=C(c2ccccc2)NN1c1ccccc1. The van der Waals surface area contributed by atoms with Crippen molar-refractivity contribution in [2.24, 2.45) is 0 Å². The Morgan fingerprint density at radius 3 is 1.95 bits per heavy atom. The highest BCUT2D eigenvalue weighted by atomic mass is 19.4. The summed E-state index contributed by atoms with van der Waals surface area (Å²) in [5.74, 6) is 0. The molecule has 0 aromatic heterocycles. The van der Waals surface area contributed by atoms with Gasteiger partial charge >= 0.3 is 6.30 Å². The quantitative estimate of drug-likeness (QED) is 0.850. The first-order valence-electron chi connectivity index (χ1n) is 6.31. The molecule has 0 saturated heterocycles. The van der Waals surface area contributed by atoms with E-state index < -0.39 is 6.30 Å². The van der Waals surface area contributed by atoms with Gasteiger partial charge in [-0.1, -0.05) is 48.5 Å². The molecule has 1 aliphatic rings. The monoisotopic (exact) mass is 291 g/mol. The maximum absolute atomic E-state index is 13.2. The Balaban J connectivity index is 1.97. The molecule has 0 unspecified atom stereocenters. The topological polar surface area (TPSA) is 18.5 Å². The highest BCUT2D eigenvalue weighted by molar-refractivity contribution is 5.68. The highest BCUT2D eigenvalue weighted by Gasteiger charge is 2.43. The molecule has 3 nitrogen and oxygen atoms in total. The van der Waals surface area contributed by atoms with Crippen LogP contribution in [0.1, 0.15) is 5.56 Å². The number of halogens is 3. The Morgan fingerprint density at radius 2 is 1.38 bits per heavy atom. The van der Waals surface area contributed by atoms with Gasteiger partial charge in [0.25, 0.3) is 0 Å². The first-order valence-corrected chi connectivity index (χ1v) is 6.31. The van der Waals surface area contributed by atoms with Gasteiger partial charge in [-0.05, 0) is 12.1 Å². The summed E-state index contributed by atoms with van der Waals surface area (Å²) in [5.41, 5.74) is 4.25. The first kappa shape index (κ1) is 13.4. The minimum Gasteiger partial charge on any atom is -0.277 e. The molecule has 1 N–H and O–H groups in total. The molecular weight excluding hydrogens is 279 g/mol. The fourth-order valence-corrected chi connectivity index (χ4v) is 2.08. The molecule has 2 aromatic rings. The van der Waals surface area contributed by atoms with Crippen LogP contribution in [0.2, 0.25) is 0 Å². The lowest BCUT2D eigenvalue weighted by atomic mass is 10.2. The van der Waals surface area contributed by atoms with E-state index in [9.17, 15) is 13.2 Å². The third-order valence-electron chi connectivity index (χ3n) is 3.04. The van der Waals surface area contributed by atoms with Crippen LogP contribution in [0.5, 0.6) is 0 Å². The number of benzene rings is 2. The van der Waals surface area contributed by atoms with Crippen molar-refractivity contribution in [3.63, 3.8) is 0 Å². The first-order chi connectivity index (χ1) is 10.1. The average Bonchev–Trinajstić information content (AvgIpc) is 2.94. The molecule has 0 saturated carbocycles. The predicted octanol–water partition coefficient (Wildman–Crippen LogP) is 3.75.